The van der Waals surface area contributed by atoms with Crippen molar-refractivity contribution in [2.24, 2.45) is 0 Å². The molecule has 1 amide bonds. The van der Waals surface area contributed by atoms with Gasteiger partial charge in [0.2, 0.25) is 0 Å². The number of hydrogen-bond donors (Lipinski definition) is 0. The molecule has 3 heteroatoms. The van der Waals surface area contributed by atoms with Crippen molar-refractivity contribution in [3.63, 3.8) is 0 Å². The fourth-order valence-corrected chi connectivity index (χ4v) is 2.35. The van der Waals surface area contributed by atoms with Gasteiger partial charge in [-0.25, -0.2) is 0 Å². The first-order valence-electron chi connectivity index (χ1n) is 6.75. The summed E-state index contributed by atoms with van der Waals surface area (Å²) in [7, 11) is 0. The molecule has 1 aromatic rings. The minimum absolute atomic E-state index is 0.110. The second-order valence-corrected chi connectivity index (χ2v) is 4.75. The molecule has 1 fully saturated rings. The molecule has 0 bridgehead atoms. The fourth-order valence-electron chi connectivity index (χ4n) is 2.35. The third kappa shape index (κ3) is 2.84. The summed E-state index contributed by atoms with van der Waals surface area (Å²) < 4.78 is 5.82. The topological polar surface area (TPSA) is 29.5 Å². The molecule has 0 saturated carbocycles. The van der Waals surface area contributed by atoms with Crippen LogP contribution in [0.4, 0.5) is 0 Å². The van der Waals surface area contributed by atoms with Gasteiger partial charge < -0.3 is 9.64 Å². The third-order valence-electron chi connectivity index (χ3n) is 3.42. The molecule has 1 aliphatic rings. The number of hydrogen-bond acceptors (Lipinski definition) is 2. The standard InChI is InChI=1S/C15H21NO2/c1-3-13-8-4-5-9-14(13)18-12(2)15(17)16-10-6-7-11-16/h4-5,8-9,12H,3,6-7,10-11H2,1-2H3. The highest BCUT2D eigenvalue weighted by molar-refractivity contribution is 5.81. The molecule has 1 unspecified atom stereocenters. The van der Waals surface area contributed by atoms with Gasteiger partial charge in [-0.15, -0.1) is 0 Å². The second-order valence-electron chi connectivity index (χ2n) is 4.75. The quantitative estimate of drug-likeness (QED) is 0.818. The van der Waals surface area contributed by atoms with Crippen LogP contribution in [0.3, 0.4) is 0 Å². The normalized spacial score (nSPS) is 16.7. The molecule has 0 aromatic heterocycles. The Morgan fingerprint density at radius 1 is 1.33 bits per heavy atom. The minimum atomic E-state index is -0.393. The molecule has 0 radical (unpaired) electrons. The van der Waals surface area contributed by atoms with Crippen LogP contribution in [0.1, 0.15) is 32.3 Å². The number of ether oxygens (including phenoxy) is 1. The number of para-hydroxylation sites is 1. The molecule has 0 spiro atoms. The van der Waals surface area contributed by atoms with Crippen LogP contribution in [0.15, 0.2) is 24.3 Å². The van der Waals surface area contributed by atoms with Gasteiger partial charge >= 0.3 is 0 Å². The maximum absolute atomic E-state index is 12.2. The van der Waals surface area contributed by atoms with E-state index < -0.39 is 6.10 Å². The Morgan fingerprint density at radius 3 is 2.67 bits per heavy atom. The van der Waals surface area contributed by atoms with Crippen LogP contribution in [0.5, 0.6) is 5.75 Å². The molecule has 3 nitrogen and oxygen atoms in total. The van der Waals surface area contributed by atoms with Gasteiger partial charge in [-0.2, -0.15) is 0 Å². The monoisotopic (exact) mass is 247 g/mol. The van der Waals surface area contributed by atoms with Gasteiger partial charge in [0.15, 0.2) is 6.10 Å². The average molecular weight is 247 g/mol. The molecule has 0 N–H and O–H groups in total. The first kappa shape index (κ1) is 12.9. The average Bonchev–Trinajstić information content (AvgIpc) is 2.92. The second kappa shape index (κ2) is 5.89. The molecule has 1 heterocycles. The van der Waals surface area contributed by atoms with Crippen molar-refractivity contribution in [3.05, 3.63) is 29.8 Å². The van der Waals surface area contributed by atoms with E-state index in [1.165, 1.54) is 0 Å². The highest BCUT2D eigenvalue weighted by atomic mass is 16.5. The Morgan fingerprint density at radius 2 is 2.00 bits per heavy atom. The zero-order valence-electron chi connectivity index (χ0n) is 11.2. The minimum Gasteiger partial charge on any atom is -0.481 e. The number of amides is 1. The van der Waals surface area contributed by atoms with Crippen molar-refractivity contribution in [3.8, 4) is 5.75 Å². The van der Waals surface area contributed by atoms with Crippen LogP contribution < -0.4 is 4.74 Å². The Kier molecular flexibility index (Phi) is 4.24. The van der Waals surface area contributed by atoms with E-state index in [4.69, 9.17) is 4.74 Å². The van der Waals surface area contributed by atoms with Crippen molar-refractivity contribution >= 4 is 5.91 Å². The summed E-state index contributed by atoms with van der Waals surface area (Å²) in [5.74, 6) is 0.943. The molecule has 1 aliphatic heterocycles. The SMILES string of the molecule is CCc1ccccc1OC(C)C(=O)N1CCCC1. The van der Waals surface area contributed by atoms with Crippen LogP contribution in [-0.2, 0) is 11.2 Å². The fraction of sp³-hybridized carbons (Fsp3) is 0.533. The zero-order valence-corrected chi connectivity index (χ0v) is 11.2. The van der Waals surface area contributed by atoms with Gasteiger partial charge in [-0.05, 0) is 37.8 Å². The smallest absolute Gasteiger partial charge is 0.263 e. The largest absolute Gasteiger partial charge is 0.481 e. The first-order valence-corrected chi connectivity index (χ1v) is 6.75. The highest BCUT2D eigenvalue weighted by Crippen LogP contribution is 2.20. The lowest BCUT2D eigenvalue weighted by atomic mass is 10.1. The number of rotatable bonds is 4. The van der Waals surface area contributed by atoms with Crippen molar-refractivity contribution in [1.29, 1.82) is 0 Å². The van der Waals surface area contributed by atoms with Gasteiger partial charge in [-0.1, -0.05) is 25.1 Å². The Bertz CT molecular complexity index is 411. The zero-order chi connectivity index (χ0) is 13.0. The number of carbonyl (C=O) groups excluding carboxylic acids is 1. The summed E-state index contributed by atoms with van der Waals surface area (Å²) in [4.78, 5) is 14.1. The van der Waals surface area contributed by atoms with E-state index in [0.29, 0.717) is 0 Å². The predicted octanol–water partition coefficient (Wildman–Crippen LogP) is 2.64. The predicted molar refractivity (Wildman–Crippen MR) is 71.7 cm³/mol. The summed E-state index contributed by atoms with van der Waals surface area (Å²) in [5.41, 5.74) is 1.15. The summed E-state index contributed by atoms with van der Waals surface area (Å²) in [5, 5.41) is 0. The van der Waals surface area contributed by atoms with Crippen LogP contribution >= 0.6 is 0 Å². The van der Waals surface area contributed by atoms with Crippen molar-refractivity contribution in [2.45, 2.75) is 39.2 Å². The maximum Gasteiger partial charge on any atom is 0.263 e. The maximum atomic E-state index is 12.2. The Hall–Kier alpha value is -1.51. The molecule has 1 atom stereocenters. The summed E-state index contributed by atoms with van der Waals surface area (Å²) in [6.45, 7) is 5.69. The van der Waals surface area contributed by atoms with Crippen molar-refractivity contribution in [2.75, 3.05) is 13.1 Å². The molecule has 2 rings (SSSR count). The van der Waals surface area contributed by atoms with Crippen LogP contribution in [0.2, 0.25) is 0 Å². The first-order chi connectivity index (χ1) is 8.72. The van der Waals surface area contributed by atoms with E-state index in [9.17, 15) is 4.79 Å². The Labute approximate surface area is 109 Å². The van der Waals surface area contributed by atoms with E-state index in [1.807, 2.05) is 36.1 Å². The van der Waals surface area contributed by atoms with Crippen LogP contribution in [-0.4, -0.2) is 30.0 Å². The summed E-state index contributed by atoms with van der Waals surface area (Å²) >= 11 is 0. The van der Waals surface area contributed by atoms with Crippen LogP contribution in [0.25, 0.3) is 0 Å². The summed E-state index contributed by atoms with van der Waals surface area (Å²) in [6, 6.07) is 7.93. The molecule has 1 aromatic carbocycles. The van der Waals surface area contributed by atoms with E-state index >= 15 is 0 Å². The van der Waals surface area contributed by atoms with Crippen molar-refractivity contribution in [1.82, 2.24) is 4.90 Å². The van der Waals surface area contributed by atoms with Crippen molar-refractivity contribution < 1.29 is 9.53 Å². The van der Waals surface area contributed by atoms with Gasteiger partial charge in [-0.3, -0.25) is 4.79 Å². The Balaban J connectivity index is 2.01. The molecule has 0 aliphatic carbocycles. The van der Waals surface area contributed by atoms with E-state index in [1.54, 1.807) is 0 Å². The van der Waals surface area contributed by atoms with E-state index in [-0.39, 0.29) is 5.91 Å². The molecular formula is C15H21NO2. The lowest BCUT2D eigenvalue weighted by molar-refractivity contribution is -0.136. The van der Waals surface area contributed by atoms with Gasteiger partial charge in [0.25, 0.3) is 5.91 Å². The third-order valence-corrected chi connectivity index (χ3v) is 3.42. The number of likely N-dealkylation sites (tertiary alicyclic amines) is 1. The molecule has 1 saturated heterocycles. The highest BCUT2D eigenvalue weighted by Gasteiger charge is 2.24. The number of benzene rings is 1. The van der Waals surface area contributed by atoms with Gasteiger partial charge in [0.05, 0.1) is 0 Å². The van der Waals surface area contributed by atoms with Crippen LogP contribution in [0, 0.1) is 0 Å². The summed E-state index contributed by atoms with van der Waals surface area (Å²) in [6.07, 6.45) is 2.75. The van der Waals surface area contributed by atoms with Gasteiger partial charge in [0.1, 0.15) is 5.75 Å². The molecular weight excluding hydrogens is 226 g/mol. The van der Waals surface area contributed by atoms with Gasteiger partial charge in [0, 0.05) is 13.1 Å². The number of nitrogens with zero attached hydrogens (tertiary/aromatic N) is 1. The lowest BCUT2D eigenvalue weighted by Gasteiger charge is -2.22. The number of aryl methyl sites for hydroxylation is 1. The van der Waals surface area contributed by atoms with E-state index in [2.05, 4.69) is 6.92 Å². The lowest BCUT2D eigenvalue weighted by Crippen LogP contribution is -2.38. The van der Waals surface area contributed by atoms with E-state index in [0.717, 1.165) is 43.7 Å². The molecule has 98 valence electrons. The molecule has 18 heavy (non-hydrogen) atoms. The number of carbonyl (C=O) groups is 1.